The molecule has 1 aromatic heterocycles. The molecule has 17 heavy (non-hydrogen) atoms. The smallest absolute Gasteiger partial charge is 0.274 e. The molecule has 6 nitrogen and oxygen atoms in total. The first kappa shape index (κ1) is 11.8. The first-order chi connectivity index (χ1) is 8.24. The third kappa shape index (κ3) is 2.91. The van der Waals surface area contributed by atoms with Crippen LogP contribution in [0.15, 0.2) is 12.4 Å². The van der Waals surface area contributed by atoms with Crippen LogP contribution in [-0.4, -0.2) is 33.9 Å². The van der Waals surface area contributed by atoms with Crippen LogP contribution in [0.3, 0.4) is 0 Å². The number of anilines is 1. The molecule has 3 N–H and O–H groups in total. The van der Waals surface area contributed by atoms with E-state index in [0.29, 0.717) is 24.0 Å². The highest BCUT2D eigenvalue weighted by Crippen LogP contribution is 2.29. The summed E-state index contributed by atoms with van der Waals surface area (Å²) in [5.74, 6) is 6.26. The van der Waals surface area contributed by atoms with Crippen LogP contribution in [0.2, 0.25) is 0 Å². The summed E-state index contributed by atoms with van der Waals surface area (Å²) >= 11 is 0. The van der Waals surface area contributed by atoms with Gasteiger partial charge >= 0.3 is 0 Å². The monoisotopic (exact) mass is 235 g/mol. The Bertz CT molecular complexity index is 387. The van der Waals surface area contributed by atoms with Crippen LogP contribution >= 0.6 is 0 Å². The van der Waals surface area contributed by atoms with Gasteiger partial charge in [-0.25, -0.2) is 15.8 Å². The van der Waals surface area contributed by atoms with Crippen molar-refractivity contribution in [3.63, 3.8) is 0 Å². The topological polar surface area (TPSA) is 84.1 Å². The van der Waals surface area contributed by atoms with Crippen molar-refractivity contribution in [2.75, 3.05) is 18.5 Å². The van der Waals surface area contributed by atoms with Crippen molar-refractivity contribution in [3.8, 4) is 0 Å². The quantitative estimate of drug-likeness (QED) is 0.577. The summed E-state index contributed by atoms with van der Waals surface area (Å²) in [7, 11) is 0. The van der Waals surface area contributed by atoms with Gasteiger partial charge in [0.2, 0.25) is 0 Å². The molecule has 1 fully saturated rings. The van der Waals surface area contributed by atoms with Gasteiger partial charge in [-0.1, -0.05) is 0 Å². The number of nitrogens with zero attached hydrogens (tertiary/aromatic N) is 3. The molecule has 2 rings (SSSR count). The Hall–Kier alpha value is -1.69. The standard InChI is InChI=1S/C11H17N5O/c1-2-16(7-8-3-4-8)11(17)9-5-14-10(15-12)6-13-9/h5-6,8H,2-4,7,12H2,1H3,(H,14,15). The van der Waals surface area contributed by atoms with E-state index in [-0.39, 0.29) is 5.91 Å². The van der Waals surface area contributed by atoms with Crippen molar-refractivity contribution < 1.29 is 4.79 Å². The van der Waals surface area contributed by atoms with E-state index >= 15 is 0 Å². The van der Waals surface area contributed by atoms with E-state index in [1.807, 2.05) is 11.8 Å². The second-order valence-electron chi connectivity index (χ2n) is 4.22. The van der Waals surface area contributed by atoms with Crippen molar-refractivity contribution in [3.05, 3.63) is 18.1 Å². The maximum Gasteiger partial charge on any atom is 0.274 e. The van der Waals surface area contributed by atoms with Gasteiger partial charge in [0.1, 0.15) is 5.69 Å². The van der Waals surface area contributed by atoms with E-state index in [4.69, 9.17) is 5.84 Å². The third-order valence-corrected chi connectivity index (χ3v) is 2.86. The molecule has 0 unspecified atom stereocenters. The number of rotatable bonds is 5. The zero-order valence-corrected chi connectivity index (χ0v) is 9.89. The maximum atomic E-state index is 12.1. The van der Waals surface area contributed by atoms with Crippen LogP contribution in [0.4, 0.5) is 5.82 Å². The highest BCUT2D eigenvalue weighted by atomic mass is 16.2. The Kier molecular flexibility index (Phi) is 3.53. The first-order valence-corrected chi connectivity index (χ1v) is 5.82. The van der Waals surface area contributed by atoms with E-state index in [1.165, 1.54) is 25.2 Å². The average molecular weight is 235 g/mol. The summed E-state index contributed by atoms with van der Waals surface area (Å²) in [4.78, 5) is 22.0. The van der Waals surface area contributed by atoms with Crippen molar-refractivity contribution in [1.82, 2.24) is 14.9 Å². The fourth-order valence-electron chi connectivity index (χ4n) is 1.64. The number of aromatic nitrogens is 2. The first-order valence-electron chi connectivity index (χ1n) is 5.82. The molecular formula is C11H17N5O. The van der Waals surface area contributed by atoms with Crippen LogP contribution in [0.1, 0.15) is 30.3 Å². The molecule has 1 amide bonds. The molecule has 0 radical (unpaired) electrons. The molecule has 0 atom stereocenters. The van der Waals surface area contributed by atoms with Crippen molar-refractivity contribution in [2.24, 2.45) is 11.8 Å². The highest BCUT2D eigenvalue weighted by Gasteiger charge is 2.26. The van der Waals surface area contributed by atoms with Gasteiger partial charge in [0.15, 0.2) is 5.82 Å². The molecule has 1 heterocycles. The normalized spacial score (nSPS) is 14.5. The zero-order chi connectivity index (χ0) is 12.3. The van der Waals surface area contributed by atoms with Gasteiger partial charge < -0.3 is 10.3 Å². The maximum absolute atomic E-state index is 12.1. The Morgan fingerprint density at radius 2 is 2.29 bits per heavy atom. The minimum atomic E-state index is -0.0597. The predicted molar refractivity (Wildman–Crippen MR) is 64.1 cm³/mol. The second-order valence-corrected chi connectivity index (χ2v) is 4.22. The molecule has 1 aromatic rings. The number of nitrogens with one attached hydrogen (secondary N) is 1. The molecule has 6 heteroatoms. The van der Waals surface area contributed by atoms with Crippen molar-refractivity contribution in [2.45, 2.75) is 19.8 Å². The van der Waals surface area contributed by atoms with Gasteiger partial charge in [-0.2, -0.15) is 0 Å². The number of amides is 1. The van der Waals surface area contributed by atoms with Crippen molar-refractivity contribution >= 4 is 11.7 Å². The lowest BCUT2D eigenvalue weighted by atomic mass is 10.3. The molecule has 0 saturated heterocycles. The predicted octanol–water partition coefficient (Wildman–Crippen LogP) is 0.634. The lowest BCUT2D eigenvalue weighted by Gasteiger charge is -2.19. The minimum absolute atomic E-state index is 0.0597. The Morgan fingerprint density at radius 1 is 1.53 bits per heavy atom. The van der Waals surface area contributed by atoms with E-state index in [2.05, 4.69) is 15.4 Å². The van der Waals surface area contributed by atoms with Crippen LogP contribution in [0.5, 0.6) is 0 Å². The molecular weight excluding hydrogens is 218 g/mol. The number of hydrogen-bond acceptors (Lipinski definition) is 5. The van der Waals surface area contributed by atoms with E-state index in [0.717, 1.165) is 6.54 Å². The van der Waals surface area contributed by atoms with Gasteiger partial charge in [-0.3, -0.25) is 4.79 Å². The van der Waals surface area contributed by atoms with Crippen LogP contribution in [-0.2, 0) is 0 Å². The van der Waals surface area contributed by atoms with E-state index < -0.39 is 0 Å². The van der Waals surface area contributed by atoms with Gasteiger partial charge in [0, 0.05) is 13.1 Å². The SMILES string of the molecule is CCN(CC1CC1)C(=O)c1cnc(NN)cn1. The number of hydrogen-bond donors (Lipinski definition) is 2. The number of nitrogens with two attached hydrogens (primary N) is 1. The van der Waals surface area contributed by atoms with E-state index in [1.54, 1.807) is 0 Å². The molecule has 0 aliphatic heterocycles. The summed E-state index contributed by atoms with van der Waals surface area (Å²) in [5, 5.41) is 0. The molecule has 0 aromatic carbocycles. The number of carbonyl (C=O) groups is 1. The van der Waals surface area contributed by atoms with Crippen LogP contribution in [0.25, 0.3) is 0 Å². The molecule has 1 saturated carbocycles. The molecule has 0 spiro atoms. The Labute approximate surface area is 100 Å². The lowest BCUT2D eigenvalue weighted by molar-refractivity contribution is 0.0750. The number of hydrazine groups is 1. The fraction of sp³-hybridized carbons (Fsp3) is 0.545. The van der Waals surface area contributed by atoms with Crippen LogP contribution in [0, 0.1) is 5.92 Å². The van der Waals surface area contributed by atoms with Gasteiger partial charge in [-0.05, 0) is 25.7 Å². The summed E-state index contributed by atoms with van der Waals surface area (Å²) in [5.41, 5.74) is 2.75. The fourth-order valence-corrected chi connectivity index (χ4v) is 1.64. The summed E-state index contributed by atoms with van der Waals surface area (Å²) in [6.07, 6.45) is 5.36. The third-order valence-electron chi connectivity index (χ3n) is 2.86. The van der Waals surface area contributed by atoms with Crippen LogP contribution < -0.4 is 11.3 Å². The van der Waals surface area contributed by atoms with Gasteiger partial charge in [0.05, 0.1) is 12.4 Å². The van der Waals surface area contributed by atoms with E-state index in [9.17, 15) is 4.79 Å². The Morgan fingerprint density at radius 3 is 2.76 bits per heavy atom. The average Bonchev–Trinajstić information content (AvgIpc) is 3.19. The molecule has 1 aliphatic rings. The zero-order valence-electron chi connectivity index (χ0n) is 9.89. The number of nitrogen functional groups attached to an aromatic ring is 1. The number of carbonyl (C=O) groups excluding carboxylic acids is 1. The van der Waals surface area contributed by atoms with Gasteiger partial charge in [0.25, 0.3) is 5.91 Å². The largest absolute Gasteiger partial charge is 0.337 e. The highest BCUT2D eigenvalue weighted by molar-refractivity contribution is 5.92. The molecule has 1 aliphatic carbocycles. The Balaban J connectivity index is 2.04. The summed E-state index contributed by atoms with van der Waals surface area (Å²) in [6, 6.07) is 0. The summed E-state index contributed by atoms with van der Waals surface area (Å²) in [6.45, 7) is 3.51. The molecule has 0 bridgehead atoms. The lowest BCUT2D eigenvalue weighted by Crippen LogP contribution is -2.33. The molecule has 92 valence electrons. The van der Waals surface area contributed by atoms with Gasteiger partial charge in [-0.15, -0.1) is 0 Å². The van der Waals surface area contributed by atoms with Crippen molar-refractivity contribution in [1.29, 1.82) is 0 Å². The summed E-state index contributed by atoms with van der Waals surface area (Å²) < 4.78 is 0. The second kappa shape index (κ2) is 5.09. The minimum Gasteiger partial charge on any atom is -0.337 e.